The lowest BCUT2D eigenvalue weighted by Crippen LogP contribution is -2.24. The lowest BCUT2D eigenvalue weighted by Gasteiger charge is -2.16. The van der Waals surface area contributed by atoms with Crippen molar-refractivity contribution in [2.45, 2.75) is 19.3 Å². The molecule has 2 amide bonds. The second-order valence-corrected chi connectivity index (χ2v) is 6.24. The number of rotatable bonds is 4. The molecule has 0 spiro atoms. The molecule has 1 aromatic heterocycles. The molecule has 0 unspecified atom stereocenters. The van der Waals surface area contributed by atoms with E-state index in [1.54, 1.807) is 12.0 Å². The van der Waals surface area contributed by atoms with E-state index < -0.39 is 0 Å². The number of hydrogen-bond acceptors (Lipinski definition) is 6. The summed E-state index contributed by atoms with van der Waals surface area (Å²) in [6.07, 6.45) is 0.390. The molecule has 2 heterocycles. The van der Waals surface area contributed by atoms with Gasteiger partial charge in [-0.15, -0.1) is 10.2 Å². The van der Waals surface area contributed by atoms with E-state index in [0.717, 1.165) is 16.4 Å². The number of aromatic nitrogens is 2. The van der Waals surface area contributed by atoms with Gasteiger partial charge in [0, 0.05) is 31.5 Å². The molecule has 0 bridgehead atoms. The molecule has 7 nitrogen and oxygen atoms in total. The van der Waals surface area contributed by atoms with Gasteiger partial charge < -0.3 is 15.0 Å². The van der Waals surface area contributed by atoms with Crippen LogP contribution >= 0.6 is 11.3 Å². The first-order valence-electron chi connectivity index (χ1n) is 7.12. The third kappa shape index (κ3) is 3.31. The molecular formula is C15H16N4O3S. The standard InChI is InChI=1S/C15H16N4O3S/c1-9(20)16-15-18-17-14(23-15)10-7-13(21)19(8-10)11-3-5-12(22-2)6-4-11/h3-6,10H,7-8H2,1-2H3,(H,16,18,20)/t10-/m1/s1. The summed E-state index contributed by atoms with van der Waals surface area (Å²) in [6, 6.07) is 7.38. The number of nitrogens with zero attached hydrogens (tertiary/aromatic N) is 3. The number of amides is 2. The fraction of sp³-hybridized carbons (Fsp3) is 0.333. The predicted octanol–water partition coefficient (Wildman–Crippen LogP) is 2.03. The van der Waals surface area contributed by atoms with Crippen molar-refractivity contribution >= 4 is 34.0 Å². The number of nitrogens with one attached hydrogen (secondary N) is 1. The summed E-state index contributed by atoms with van der Waals surface area (Å²) in [7, 11) is 1.61. The first-order valence-corrected chi connectivity index (χ1v) is 7.94. The van der Waals surface area contributed by atoms with Gasteiger partial charge in [0.05, 0.1) is 7.11 Å². The lowest BCUT2D eigenvalue weighted by molar-refractivity contribution is -0.117. The van der Waals surface area contributed by atoms with Crippen LogP contribution in [-0.4, -0.2) is 35.7 Å². The van der Waals surface area contributed by atoms with E-state index >= 15 is 0 Å². The molecule has 1 aliphatic heterocycles. The average Bonchev–Trinajstić information content (AvgIpc) is 3.13. The van der Waals surface area contributed by atoms with Crippen LogP contribution < -0.4 is 15.0 Å². The third-order valence-corrected chi connectivity index (χ3v) is 4.58. The van der Waals surface area contributed by atoms with Gasteiger partial charge in [0.2, 0.25) is 16.9 Å². The number of methoxy groups -OCH3 is 1. The molecule has 1 aromatic carbocycles. The zero-order chi connectivity index (χ0) is 16.4. The highest BCUT2D eigenvalue weighted by molar-refractivity contribution is 7.15. The van der Waals surface area contributed by atoms with Gasteiger partial charge in [-0.25, -0.2) is 0 Å². The van der Waals surface area contributed by atoms with Crippen molar-refractivity contribution in [3.05, 3.63) is 29.3 Å². The van der Waals surface area contributed by atoms with Gasteiger partial charge in [0.25, 0.3) is 0 Å². The maximum atomic E-state index is 12.3. The number of carbonyl (C=O) groups is 2. The van der Waals surface area contributed by atoms with E-state index in [2.05, 4.69) is 15.5 Å². The minimum absolute atomic E-state index is 0.00962. The Kier molecular flexibility index (Phi) is 4.24. The number of hydrogen-bond donors (Lipinski definition) is 1. The van der Waals surface area contributed by atoms with Crippen molar-refractivity contribution in [1.82, 2.24) is 10.2 Å². The Morgan fingerprint density at radius 2 is 2.09 bits per heavy atom. The Labute approximate surface area is 137 Å². The van der Waals surface area contributed by atoms with Crippen LogP contribution in [0.3, 0.4) is 0 Å². The molecule has 1 N–H and O–H groups in total. The molecule has 0 saturated carbocycles. The summed E-state index contributed by atoms with van der Waals surface area (Å²) in [5.74, 6) is 0.608. The minimum Gasteiger partial charge on any atom is -0.497 e. The molecule has 1 aliphatic rings. The molecule has 120 valence electrons. The van der Waals surface area contributed by atoms with Crippen molar-refractivity contribution in [1.29, 1.82) is 0 Å². The third-order valence-electron chi connectivity index (χ3n) is 3.58. The molecule has 8 heteroatoms. The fourth-order valence-corrected chi connectivity index (χ4v) is 3.37. The van der Waals surface area contributed by atoms with E-state index in [1.807, 2.05) is 24.3 Å². The second kappa shape index (κ2) is 6.33. The second-order valence-electron chi connectivity index (χ2n) is 5.23. The van der Waals surface area contributed by atoms with Crippen molar-refractivity contribution < 1.29 is 14.3 Å². The average molecular weight is 332 g/mol. The van der Waals surface area contributed by atoms with E-state index in [9.17, 15) is 9.59 Å². The van der Waals surface area contributed by atoms with Crippen molar-refractivity contribution in [3.8, 4) is 5.75 Å². The summed E-state index contributed by atoms with van der Waals surface area (Å²) >= 11 is 1.31. The lowest BCUT2D eigenvalue weighted by atomic mass is 10.1. The SMILES string of the molecule is COc1ccc(N2C[C@H](c3nnc(NC(C)=O)s3)CC2=O)cc1. The molecule has 0 aliphatic carbocycles. The Balaban J connectivity index is 1.73. The smallest absolute Gasteiger partial charge is 0.227 e. The topological polar surface area (TPSA) is 84.4 Å². The minimum atomic E-state index is -0.185. The van der Waals surface area contributed by atoms with Gasteiger partial charge >= 0.3 is 0 Å². The molecule has 23 heavy (non-hydrogen) atoms. The highest BCUT2D eigenvalue weighted by Crippen LogP contribution is 2.34. The Hall–Kier alpha value is -2.48. The molecule has 1 fully saturated rings. The van der Waals surface area contributed by atoms with E-state index in [1.165, 1.54) is 18.3 Å². The van der Waals surface area contributed by atoms with Crippen LogP contribution in [0.5, 0.6) is 5.75 Å². The molecule has 1 atom stereocenters. The Bertz CT molecular complexity index is 729. The predicted molar refractivity (Wildman–Crippen MR) is 86.9 cm³/mol. The van der Waals surface area contributed by atoms with Gasteiger partial charge in [0.1, 0.15) is 10.8 Å². The number of anilines is 2. The van der Waals surface area contributed by atoms with E-state index in [-0.39, 0.29) is 17.7 Å². The normalized spacial score (nSPS) is 17.4. The highest BCUT2D eigenvalue weighted by atomic mass is 32.1. The molecule has 2 aromatic rings. The largest absolute Gasteiger partial charge is 0.497 e. The van der Waals surface area contributed by atoms with Crippen LogP contribution in [0.4, 0.5) is 10.8 Å². The summed E-state index contributed by atoms with van der Waals surface area (Å²) in [5, 5.41) is 11.9. The van der Waals surface area contributed by atoms with Crippen molar-refractivity contribution in [2.24, 2.45) is 0 Å². The summed E-state index contributed by atoms with van der Waals surface area (Å²) in [4.78, 5) is 25.1. The maximum Gasteiger partial charge on any atom is 0.227 e. The first kappa shape index (κ1) is 15.4. The van der Waals surface area contributed by atoms with Crippen molar-refractivity contribution in [2.75, 3.05) is 23.9 Å². The summed E-state index contributed by atoms with van der Waals surface area (Å²) in [5.41, 5.74) is 0.838. The monoisotopic (exact) mass is 332 g/mol. The number of carbonyl (C=O) groups excluding carboxylic acids is 2. The first-order chi connectivity index (χ1) is 11.1. The van der Waals surface area contributed by atoms with Crippen LogP contribution in [0, 0.1) is 0 Å². The highest BCUT2D eigenvalue weighted by Gasteiger charge is 2.33. The molecular weight excluding hydrogens is 316 g/mol. The van der Waals surface area contributed by atoms with Crippen LogP contribution in [0.25, 0.3) is 0 Å². The summed E-state index contributed by atoms with van der Waals surface area (Å²) in [6.45, 7) is 1.98. The summed E-state index contributed by atoms with van der Waals surface area (Å²) < 4.78 is 5.13. The van der Waals surface area contributed by atoms with Gasteiger partial charge in [-0.1, -0.05) is 11.3 Å². The molecule has 1 saturated heterocycles. The quantitative estimate of drug-likeness (QED) is 0.926. The van der Waals surface area contributed by atoms with Gasteiger partial charge in [-0.05, 0) is 24.3 Å². The zero-order valence-electron chi connectivity index (χ0n) is 12.8. The van der Waals surface area contributed by atoms with Gasteiger partial charge in [-0.2, -0.15) is 0 Å². The van der Waals surface area contributed by atoms with Gasteiger partial charge in [0.15, 0.2) is 0 Å². The van der Waals surface area contributed by atoms with E-state index in [0.29, 0.717) is 18.1 Å². The molecule has 0 radical (unpaired) electrons. The van der Waals surface area contributed by atoms with Crippen LogP contribution in [0.15, 0.2) is 24.3 Å². The number of benzene rings is 1. The maximum absolute atomic E-state index is 12.3. The van der Waals surface area contributed by atoms with Crippen LogP contribution in [0.1, 0.15) is 24.3 Å². The molecule has 3 rings (SSSR count). The number of ether oxygens (including phenoxy) is 1. The van der Waals surface area contributed by atoms with Crippen LogP contribution in [0.2, 0.25) is 0 Å². The van der Waals surface area contributed by atoms with Crippen LogP contribution in [-0.2, 0) is 9.59 Å². The Morgan fingerprint density at radius 1 is 1.35 bits per heavy atom. The fourth-order valence-electron chi connectivity index (χ4n) is 2.49. The zero-order valence-corrected chi connectivity index (χ0v) is 13.6. The van der Waals surface area contributed by atoms with E-state index in [4.69, 9.17) is 4.74 Å². The Morgan fingerprint density at radius 3 is 2.74 bits per heavy atom. The van der Waals surface area contributed by atoms with Gasteiger partial charge in [-0.3, -0.25) is 9.59 Å². The van der Waals surface area contributed by atoms with Crippen molar-refractivity contribution in [3.63, 3.8) is 0 Å².